The fourth-order valence-corrected chi connectivity index (χ4v) is 1.68. The summed E-state index contributed by atoms with van der Waals surface area (Å²) in [5.41, 5.74) is 0.548. The first kappa shape index (κ1) is 13.1. The van der Waals surface area contributed by atoms with Gasteiger partial charge in [-0.15, -0.1) is 0 Å². The smallest absolute Gasteiger partial charge is 0.328 e. The minimum atomic E-state index is -0.489. The van der Waals surface area contributed by atoms with Gasteiger partial charge in [-0.2, -0.15) is 0 Å². The molecule has 1 aromatic rings. The molecule has 1 unspecified atom stereocenters. The molecule has 88 valence electrons. The monoisotopic (exact) mass is 261 g/mol. The Hall–Kier alpha value is -0.930. The molecule has 0 aliphatic rings. The lowest BCUT2D eigenvalue weighted by atomic mass is 10.2. The van der Waals surface area contributed by atoms with Gasteiger partial charge in [0.1, 0.15) is 6.04 Å². The highest BCUT2D eigenvalue weighted by Crippen LogP contribution is 2.30. The number of hydrogen-bond acceptors (Lipinski definition) is 3. The van der Waals surface area contributed by atoms with E-state index in [-0.39, 0.29) is 5.97 Å². The number of hydrogen-bond donors (Lipinski definition) is 1. The highest BCUT2D eigenvalue weighted by Gasteiger charge is 2.16. The minimum Gasteiger partial charge on any atom is -0.464 e. The number of benzene rings is 1. The molecule has 1 rings (SSSR count). The van der Waals surface area contributed by atoms with Crippen LogP contribution in [0.5, 0.6) is 0 Å². The van der Waals surface area contributed by atoms with Crippen LogP contribution in [0.2, 0.25) is 10.0 Å². The Morgan fingerprint density at radius 3 is 2.50 bits per heavy atom. The van der Waals surface area contributed by atoms with Crippen molar-refractivity contribution in [2.45, 2.75) is 19.9 Å². The van der Waals surface area contributed by atoms with Crippen molar-refractivity contribution in [1.29, 1.82) is 0 Å². The van der Waals surface area contributed by atoms with Crippen LogP contribution >= 0.6 is 23.2 Å². The van der Waals surface area contributed by atoms with Crippen molar-refractivity contribution < 1.29 is 9.53 Å². The number of nitrogens with one attached hydrogen (secondary N) is 1. The largest absolute Gasteiger partial charge is 0.464 e. The predicted molar refractivity (Wildman–Crippen MR) is 66.2 cm³/mol. The van der Waals surface area contributed by atoms with Gasteiger partial charge in [0.05, 0.1) is 22.3 Å². The van der Waals surface area contributed by atoms with Crippen LogP contribution in [0.4, 0.5) is 5.69 Å². The Bertz CT molecular complexity index is 362. The maximum absolute atomic E-state index is 11.4. The maximum atomic E-state index is 11.4. The summed E-state index contributed by atoms with van der Waals surface area (Å²) in [6.07, 6.45) is 0. The molecule has 0 aliphatic carbocycles. The average Bonchev–Trinajstić information content (AvgIpc) is 2.23. The Balaban J connectivity index is 2.76. The third-order valence-electron chi connectivity index (χ3n) is 1.96. The molecule has 3 nitrogen and oxygen atoms in total. The van der Waals surface area contributed by atoms with E-state index in [4.69, 9.17) is 27.9 Å². The van der Waals surface area contributed by atoms with Crippen molar-refractivity contribution in [2.24, 2.45) is 0 Å². The van der Waals surface area contributed by atoms with Crippen LogP contribution in [-0.4, -0.2) is 18.6 Å². The molecule has 1 N–H and O–H groups in total. The number of para-hydroxylation sites is 1. The van der Waals surface area contributed by atoms with Gasteiger partial charge in [-0.25, -0.2) is 4.79 Å². The lowest BCUT2D eigenvalue weighted by Crippen LogP contribution is -2.28. The van der Waals surface area contributed by atoms with E-state index in [9.17, 15) is 4.79 Å². The van der Waals surface area contributed by atoms with Crippen molar-refractivity contribution in [3.05, 3.63) is 28.2 Å². The van der Waals surface area contributed by atoms with E-state index in [2.05, 4.69) is 5.32 Å². The van der Waals surface area contributed by atoms with Gasteiger partial charge in [0.2, 0.25) is 0 Å². The maximum Gasteiger partial charge on any atom is 0.328 e. The van der Waals surface area contributed by atoms with Gasteiger partial charge < -0.3 is 10.1 Å². The molecule has 0 amide bonds. The topological polar surface area (TPSA) is 38.3 Å². The molecule has 0 heterocycles. The van der Waals surface area contributed by atoms with E-state index < -0.39 is 6.04 Å². The average molecular weight is 262 g/mol. The van der Waals surface area contributed by atoms with Crippen molar-refractivity contribution >= 4 is 34.9 Å². The summed E-state index contributed by atoms with van der Waals surface area (Å²) < 4.78 is 4.87. The third-order valence-corrected chi connectivity index (χ3v) is 2.59. The molecule has 0 aromatic heterocycles. The summed E-state index contributed by atoms with van der Waals surface area (Å²) in [6, 6.07) is 4.66. The number of esters is 1. The van der Waals surface area contributed by atoms with Crippen LogP contribution in [0.1, 0.15) is 13.8 Å². The van der Waals surface area contributed by atoms with E-state index in [1.807, 2.05) is 0 Å². The van der Waals surface area contributed by atoms with Crippen molar-refractivity contribution in [1.82, 2.24) is 0 Å². The molecule has 0 saturated heterocycles. The van der Waals surface area contributed by atoms with Crippen LogP contribution in [-0.2, 0) is 9.53 Å². The summed E-state index contributed by atoms with van der Waals surface area (Å²) >= 11 is 11.9. The van der Waals surface area contributed by atoms with Crippen molar-refractivity contribution in [3.63, 3.8) is 0 Å². The SMILES string of the molecule is CCOC(=O)C(C)Nc1c(Cl)cccc1Cl. The van der Waals surface area contributed by atoms with Crippen LogP contribution < -0.4 is 5.32 Å². The van der Waals surface area contributed by atoms with E-state index in [1.54, 1.807) is 32.0 Å². The van der Waals surface area contributed by atoms with Crippen LogP contribution in [0.15, 0.2) is 18.2 Å². The van der Waals surface area contributed by atoms with Crippen molar-refractivity contribution in [3.8, 4) is 0 Å². The first-order valence-corrected chi connectivity index (χ1v) is 5.69. The molecule has 0 fully saturated rings. The lowest BCUT2D eigenvalue weighted by molar-refractivity contribution is -0.143. The predicted octanol–water partition coefficient (Wildman–Crippen LogP) is 3.36. The summed E-state index contributed by atoms with van der Waals surface area (Å²) in [4.78, 5) is 11.4. The summed E-state index contributed by atoms with van der Waals surface area (Å²) in [7, 11) is 0. The van der Waals surface area contributed by atoms with Crippen LogP contribution in [0, 0.1) is 0 Å². The number of carbonyl (C=O) groups excluding carboxylic acids is 1. The minimum absolute atomic E-state index is 0.335. The molecule has 0 bridgehead atoms. The summed E-state index contributed by atoms with van der Waals surface area (Å²) in [6.45, 7) is 3.80. The Morgan fingerprint density at radius 2 is 2.00 bits per heavy atom. The zero-order valence-electron chi connectivity index (χ0n) is 9.09. The Morgan fingerprint density at radius 1 is 1.44 bits per heavy atom. The first-order valence-electron chi connectivity index (χ1n) is 4.93. The number of halogens is 2. The van der Waals surface area contributed by atoms with Gasteiger partial charge >= 0.3 is 5.97 Å². The van der Waals surface area contributed by atoms with E-state index in [0.717, 1.165) is 0 Å². The second kappa shape index (κ2) is 5.97. The standard InChI is InChI=1S/C11H13Cl2NO2/c1-3-16-11(15)7(2)14-10-8(12)5-4-6-9(10)13/h4-7,14H,3H2,1-2H3. The number of carbonyl (C=O) groups is 1. The second-order valence-electron chi connectivity index (χ2n) is 3.21. The lowest BCUT2D eigenvalue weighted by Gasteiger charge is -2.15. The molecular weight excluding hydrogens is 249 g/mol. The fourth-order valence-electron chi connectivity index (χ4n) is 1.18. The molecule has 0 aliphatic heterocycles. The Labute approximate surface area is 105 Å². The third kappa shape index (κ3) is 3.29. The van der Waals surface area contributed by atoms with E-state index >= 15 is 0 Å². The van der Waals surface area contributed by atoms with Crippen LogP contribution in [0.3, 0.4) is 0 Å². The molecule has 0 spiro atoms. The fraction of sp³-hybridized carbons (Fsp3) is 0.364. The molecule has 1 atom stereocenters. The zero-order chi connectivity index (χ0) is 12.1. The van der Waals surface area contributed by atoms with Gasteiger partial charge in [0.25, 0.3) is 0 Å². The molecule has 0 saturated carbocycles. The second-order valence-corrected chi connectivity index (χ2v) is 4.03. The molecule has 1 aromatic carbocycles. The number of anilines is 1. The number of rotatable bonds is 4. The number of ether oxygens (including phenoxy) is 1. The first-order chi connectivity index (χ1) is 7.56. The van der Waals surface area contributed by atoms with Gasteiger partial charge in [-0.1, -0.05) is 29.3 Å². The van der Waals surface area contributed by atoms with Gasteiger partial charge in [-0.3, -0.25) is 0 Å². The zero-order valence-corrected chi connectivity index (χ0v) is 10.6. The highest BCUT2D eigenvalue weighted by atomic mass is 35.5. The van der Waals surface area contributed by atoms with Crippen molar-refractivity contribution in [2.75, 3.05) is 11.9 Å². The van der Waals surface area contributed by atoms with Gasteiger partial charge in [-0.05, 0) is 26.0 Å². The van der Waals surface area contributed by atoms with E-state index in [0.29, 0.717) is 22.3 Å². The summed E-state index contributed by atoms with van der Waals surface area (Å²) in [5, 5.41) is 3.88. The molecule has 0 radical (unpaired) electrons. The quantitative estimate of drug-likeness (QED) is 0.845. The summed E-state index contributed by atoms with van der Waals surface area (Å²) in [5.74, 6) is -0.335. The Kier molecular flexibility index (Phi) is 4.90. The molecule has 16 heavy (non-hydrogen) atoms. The van der Waals surface area contributed by atoms with Crippen LogP contribution in [0.25, 0.3) is 0 Å². The normalized spacial score (nSPS) is 12.0. The highest BCUT2D eigenvalue weighted by molar-refractivity contribution is 6.39. The van der Waals surface area contributed by atoms with Gasteiger partial charge in [0, 0.05) is 0 Å². The molecular formula is C11H13Cl2NO2. The molecule has 5 heteroatoms. The van der Waals surface area contributed by atoms with E-state index in [1.165, 1.54) is 0 Å². The van der Waals surface area contributed by atoms with Gasteiger partial charge in [0.15, 0.2) is 0 Å².